The van der Waals surface area contributed by atoms with Gasteiger partial charge in [-0.05, 0) is 52.4 Å². The third kappa shape index (κ3) is 4.28. The van der Waals surface area contributed by atoms with Crippen LogP contribution in [0, 0.1) is 6.92 Å². The summed E-state index contributed by atoms with van der Waals surface area (Å²) in [6, 6.07) is 3.66. The molecule has 0 aliphatic carbocycles. The number of fused-ring (bicyclic) bond motifs is 1. The van der Waals surface area contributed by atoms with Gasteiger partial charge in [-0.25, -0.2) is 0 Å². The van der Waals surface area contributed by atoms with E-state index in [4.69, 9.17) is 4.52 Å². The fourth-order valence-electron chi connectivity index (χ4n) is 3.69. The van der Waals surface area contributed by atoms with E-state index in [1.165, 1.54) is 5.56 Å². The van der Waals surface area contributed by atoms with Crippen molar-refractivity contribution >= 4 is 23.2 Å². The molecule has 1 N–H and O–H groups in total. The molecule has 0 saturated carbocycles. The van der Waals surface area contributed by atoms with E-state index >= 15 is 0 Å². The summed E-state index contributed by atoms with van der Waals surface area (Å²) in [6.45, 7) is 5.49. The standard InChI is InChI=1S/C22H24N4O3S/c1-3-17-9-20(25-29-17)22(28)24-11-19-14(2)23-10-16-12-26(6-4-18(16)19)21(27)8-15-5-7-30-13-15/h5,7,9-10,13H,3-4,6,8,11-12H2,1-2H3,(H,24,28). The number of pyridine rings is 1. The van der Waals surface area contributed by atoms with Gasteiger partial charge in [0, 0.05) is 44.0 Å². The molecule has 0 radical (unpaired) electrons. The number of hydrogen-bond acceptors (Lipinski definition) is 6. The van der Waals surface area contributed by atoms with Gasteiger partial charge in [-0.1, -0.05) is 12.1 Å². The van der Waals surface area contributed by atoms with Crippen LogP contribution in [0.2, 0.25) is 0 Å². The van der Waals surface area contributed by atoms with E-state index in [0.29, 0.717) is 38.2 Å². The number of carbonyl (C=O) groups excluding carboxylic acids is 2. The highest BCUT2D eigenvalue weighted by atomic mass is 32.1. The van der Waals surface area contributed by atoms with Crippen molar-refractivity contribution in [1.29, 1.82) is 0 Å². The van der Waals surface area contributed by atoms with Crippen molar-refractivity contribution in [1.82, 2.24) is 20.4 Å². The SMILES string of the molecule is CCc1cc(C(=O)NCc2c(C)ncc3c2CCN(C(=O)Cc2ccsc2)C3)no1. The zero-order valence-electron chi connectivity index (χ0n) is 17.1. The Morgan fingerprint density at radius 1 is 1.37 bits per heavy atom. The van der Waals surface area contributed by atoms with E-state index in [2.05, 4.69) is 15.5 Å². The minimum Gasteiger partial charge on any atom is -0.361 e. The molecule has 0 spiro atoms. The molecule has 8 heteroatoms. The van der Waals surface area contributed by atoms with Gasteiger partial charge in [0.25, 0.3) is 5.91 Å². The molecule has 0 fully saturated rings. The van der Waals surface area contributed by atoms with Gasteiger partial charge in [0.15, 0.2) is 5.69 Å². The van der Waals surface area contributed by atoms with Gasteiger partial charge in [-0.15, -0.1) is 0 Å². The summed E-state index contributed by atoms with van der Waals surface area (Å²) in [5.41, 5.74) is 5.47. The number of amides is 2. The molecule has 0 bridgehead atoms. The van der Waals surface area contributed by atoms with E-state index in [9.17, 15) is 9.59 Å². The molecular weight excluding hydrogens is 400 g/mol. The van der Waals surface area contributed by atoms with Gasteiger partial charge in [0.1, 0.15) is 5.76 Å². The van der Waals surface area contributed by atoms with Crippen LogP contribution >= 0.6 is 11.3 Å². The zero-order chi connectivity index (χ0) is 21.1. The van der Waals surface area contributed by atoms with Crippen LogP contribution in [-0.4, -0.2) is 33.4 Å². The van der Waals surface area contributed by atoms with Crippen LogP contribution in [0.4, 0.5) is 0 Å². The summed E-state index contributed by atoms with van der Waals surface area (Å²) < 4.78 is 5.11. The molecule has 0 aromatic carbocycles. The van der Waals surface area contributed by atoms with Gasteiger partial charge in [-0.3, -0.25) is 14.6 Å². The largest absolute Gasteiger partial charge is 0.361 e. The molecule has 0 atom stereocenters. The van der Waals surface area contributed by atoms with Crippen LogP contribution in [-0.2, 0) is 37.1 Å². The molecule has 3 aromatic heterocycles. The predicted octanol–water partition coefficient (Wildman–Crippen LogP) is 3.06. The van der Waals surface area contributed by atoms with Crippen LogP contribution in [0.5, 0.6) is 0 Å². The first kappa shape index (κ1) is 20.3. The third-order valence-corrected chi connectivity index (χ3v) is 6.18. The van der Waals surface area contributed by atoms with Crippen LogP contribution < -0.4 is 5.32 Å². The van der Waals surface area contributed by atoms with E-state index in [0.717, 1.165) is 28.8 Å². The molecule has 4 rings (SSSR count). The minimum absolute atomic E-state index is 0.132. The summed E-state index contributed by atoms with van der Waals surface area (Å²) in [5.74, 6) is 0.549. The Kier molecular flexibility index (Phi) is 5.94. The number of nitrogens with one attached hydrogen (secondary N) is 1. The van der Waals surface area contributed by atoms with E-state index in [-0.39, 0.29) is 17.5 Å². The van der Waals surface area contributed by atoms with Crippen LogP contribution in [0.15, 0.2) is 33.6 Å². The number of aryl methyl sites for hydroxylation is 2. The molecule has 1 aliphatic rings. The highest BCUT2D eigenvalue weighted by Crippen LogP contribution is 2.24. The second-order valence-electron chi connectivity index (χ2n) is 7.41. The quantitative estimate of drug-likeness (QED) is 0.657. The summed E-state index contributed by atoms with van der Waals surface area (Å²) in [4.78, 5) is 31.5. The Balaban J connectivity index is 1.44. The van der Waals surface area contributed by atoms with E-state index in [1.54, 1.807) is 17.4 Å². The van der Waals surface area contributed by atoms with Crippen molar-refractivity contribution in [2.45, 2.75) is 46.2 Å². The predicted molar refractivity (Wildman–Crippen MR) is 113 cm³/mol. The average Bonchev–Trinajstić information content (AvgIpc) is 3.44. The number of thiophene rings is 1. The fraction of sp³-hybridized carbons (Fsp3) is 0.364. The maximum atomic E-state index is 12.7. The summed E-state index contributed by atoms with van der Waals surface area (Å²) in [6.07, 6.45) is 3.73. The third-order valence-electron chi connectivity index (χ3n) is 5.45. The highest BCUT2D eigenvalue weighted by Gasteiger charge is 2.24. The van der Waals surface area contributed by atoms with E-state index < -0.39 is 0 Å². The summed E-state index contributed by atoms with van der Waals surface area (Å²) >= 11 is 1.60. The van der Waals surface area contributed by atoms with Crippen molar-refractivity contribution in [2.24, 2.45) is 0 Å². The molecule has 0 saturated heterocycles. The normalized spacial score (nSPS) is 13.2. The summed E-state index contributed by atoms with van der Waals surface area (Å²) in [7, 11) is 0. The molecule has 4 heterocycles. The molecule has 1 aliphatic heterocycles. The first-order valence-electron chi connectivity index (χ1n) is 10.0. The maximum Gasteiger partial charge on any atom is 0.273 e. The lowest BCUT2D eigenvalue weighted by Crippen LogP contribution is -2.38. The minimum atomic E-state index is -0.265. The van der Waals surface area contributed by atoms with Crippen molar-refractivity contribution in [3.8, 4) is 0 Å². The van der Waals surface area contributed by atoms with E-state index in [1.807, 2.05) is 41.8 Å². The smallest absolute Gasteiger partial charge is 0.273 e. The lowest BCUT2D eigenvalue weighted by Gasteiger charge is -2.30. The monoisotopic (exact) mass is 424 g/mol. The Hall–Kier alpha value is -3.00. The molecule has 0 unspecified atom stereocenters. The molecule has 30 heavy (non-hydrogen) atoms. The zero-order valence-corrected chi connectivity index (χ0v) is 17.9. The Labute approximate surface area is 179 Å². The first-order valence-corrected chi connectivity index (χ1v) is 11.0. The van der Waals surface area contributed by atoms with Gasteiger partial charge in [0.05, 0.1) is 6.42 Å². The highest BCUT2D eigenvalue weighted by molar-refractivity contribution is 7.08. The second kappa shape index (κ2) is 8.79. The van der Waals surface area contributed by atoms with Crippen LogP contribution in [0.25, 0.3) is 0 Å². The van der Waals surface area contributed by atoms with Crippen LogP contribution in [0.1, 0.15) is 51.1 Å². The fourth-order valence-corrected chi connectivity index (χ4v) is 4.36. The van der Waals surface area contributed by atoms with Crippen molar-refractivity contribution in [3.63, 3.8) is 0 Å². The number of hydrogen-bond donors (Lipinski definition) is 1. The number of rotatable bonds is 6. The molecule has 7 nitrogen and oxygen atoms in total. The molecular formula is C22H24N4O3S. The van der Waals surface area contributed by atoms with Gasteiger partial charge >= 0.3 is 0 Å². The number of aromatic nitrogens is 2. The number of carbonyl (C=O) groups is 2. The lowest BCUT2D eigenvalue weighted by atomic mass is 9.94. The average molecular weight is 425 g/mol. The molecule has 2 amide bonds. The maximum absolute atomic E-state index is 12.7. The van der Waals surface area contributed by atoms with Gasteiger partial charge < -0.3 is 14.7 Å². The Morgan fingerprint density at radius 3 is 2.97 bits per heavy atom. The Morgan fingerprint density at radius 2 is 2.23 bits per heavy atom. The second-order valence-corrected chi connectivity index (χ2v) is 8.19. The number of nitrogens with zero attached hydrogens (tertiary/aromatic N) is 3. The molecule has 3 aromatic rings. The molecule has 156 valence electrons. The topological polar surface area (TPSA) is 88.3 Å². The van der Waals surface area contributed by atoms with Gasteiger partial charge in [-0.2, -0.15) is 11.3 Å². The lowest BCUT2D eigenvalue weighted by molar-refractivity contribution is -0.131. The van der Waals surface area contributed by atoms with Crippen molar-refractivity contribution < 1.29 is 14.1 Å². The van der Waals surface area contributed by atoms with Crippen molar-refractivity contribution in [2.75, 3.05) is 6.54 Å². The Bertz CT molecular complexity index is 1060. The van der Waals surface area contributed by atoms with Crippen LogP contribution in [0.3, 0.4) is 0 Å². The first-order chi connectivity index (χ1) is 14.5. The van der Waals surface area contributed by atoms with Crippen molar-refractivity contribution in [3.05, 3.63) is 68.5 Å². The van der Waals surface area contributed by atoms with Gasteiger partial charge in [0.2, 0.25) is 5.91 Å². The summed E-state index contributed by atoms with van der Waals surface area (Å²) in [5, 5.41) is 10.8.